The molecule has 0 aromatic heterocycles. The first-order chi connectivity index (χ1) is 9.79. The van der Waals surface area contributed by atoms with E-state index >= 15 is 0 Å². The predicted octanol–water partition coefficient (Wildman–Crippen LogP) is 1.37. The van der Waals surface area contributed by atoms with Crippen molar-refractivity contribution in [2.75, 3.05) is 26.2 Å². The van der Waals surface area contributed by atoms with Crippen LogP contribution in [0.5, 0.6) is 0 Å². The van der Waals surface area contributed by atoms with Gasteiger partial charge in [-0.25, -0.2) is 9.59 Å². The largest absolute Gasteiger partial charge is 0.480 e. The topological polar surface area (TPSA) is 72.9 Å². The molecule has 2 unspecified atom stereocenters. The van der Waals surface area contributed by atoms with Gasteiger partial charge < -0.3 is 15.3 Å². The number of aliphatic carboxylic acids is 1. The summed E-state index contributed by atoms with van der Waals surface area (Å²) >= 11 is 0. The first kappa shape index (κ1) is 16.1. The van der Waals surface area contributed by atoms with E-state index in [-0.39, 0.29) is 6.03 Å². The predicted molar refractivity (Wildman–Crippen MR) is 80.2 cm³/mol. The number of fused-ring (bicyclic) bond motifs is 1. The second-order valence-corrected chi connectivity index (χ2v) is 7.22. The number of piperazine rings is 1. The normalized spacial score (nSPS) is 25.1. The molecule has 0 aromatic rings. The SMILES string of the molecule is CC(C)(C)C(NC(=O)N1CCN2CCCCC2C1)C(=O)O. The van der Waals surface area contributed by atoms with Crippen molar-refractivity contribution in [1.82, 2.24) is 15.1 Å². The summed E-state index contributed by atoms with van der Waals surface area (Å²) in [6.07, 6.45) is 3.59. The minimum atomic E-state index is -0.979. The monoisotopic (exact) mass is 297 g/mol. The zero-order valence-corrected chi connectivity index (χ0v) is 13.3. The maximum absolute atomic E-state index is 12.4. The van der Waals surface area contributed by atoms with Crippen molar-refractivity contribution >= 4 is 12.0 Å². The molecule has 6 nitrogen and oxygen atoms in total. The average molecular weight is 297 g/mol. The van der Waals surface area contributed by atoms with E-state index in [1.54, 1.807) is 4.90 Å². The van der Waals surface area contributed by atoms with Gasteiger partial charge in [0.2, 0.25) is 0 Å². The van der Waals surface area contributed by atoms with E-state index in [2.05, 4.69) is 10.2 Å². The van der Waals surface area contributed by atoms with Gasteiger partial charge in [-0.05, 0) is 24.8 Å². The molecule has 2 atom stereocenters. The van der Waals surface area contributed by atoms with E-state index in [0.29, 0.717) is 19.1 Å². The third-order valence-electron chi connectivity index (χ3n) is 4.51. The first-order valence-electron chi connectivity index (χ1n) is 7.81. The van der Waals surface area contributed by atoms with Crippen LogP contribution in [0.1, 0.15) is 40.0 Å². The summed E-state index contributed by atoms with van der Waals surface area (Å²) in [6, 6.07) is -0.673. The van der Waals surface area contributed by atoms with Gasteiger partial charge in [-0.1, -0.05) is 27.2 Å². The minimum absolute atomic E-state index is 0.248. The van der Waals surface area contributed by atoms with Gasteiger partial charge in [-0.2, -0.15) is 0 Å². The Bertz CT molecular complexity index is 405. The lowest BCUT2D eigenvalue weighted by Crippen LogP contribution is -2.60. The summed E-state index contributed by atoms with van der Waals surface area (Å²) in [5.41, 5.74) is -0.506. The molecule has 2 amide bonds. The number of carboxylic acids is 1. The van der Waals surface area contributed by atoms with Crippen LogP contribution in [0.25, 0.3) is 0 Å². The molecule has 0 saturated carbocycles. The lowest BCUT2D eigenvalue weighted by Gasteiger charge is -2.44. The van der Waals surface area contributed by atoms with Crippen molar-refractivity contribution in [1.29, 1.82) is 0 Å². The van der Waals surface area contributed by atoms with Gasteiger partial charge in [0.05, 0.1) is 0 Å². The Morgan fingerprint density at radius 2 is 1.90 bits per heavy atom. The fourth-order valence-corrected chi connectivity index (χ4v) is 3.20. The summed E-state index contributed by atoms with van der Waals surface area (Å²) in [7, 11) is 0. The van der Waals surface area contributed by atoms with Crippen LogP contribution in [0.3, 0.4) is 0 Å². The maximum Gasteiger partial charge on any atom is 0.326 e. The lowest BCUT2D eigenvalue weighted by atomic mass is 9.87. The number of carboxylic acid groups (broad SMARTS) is 1. The van der Waals surface area contributed by atoms with Crippen LogP contribution < -0.4 is 5.32 Å². The smallest absolute Gasteiger partial charge is 0.326 e. The molecular weight excluding hydrogens is 270 g/mol. The zero-order valence-electron chi connectivity index (χ0n) is 13.3. The third-order valence-corrected chi connectivity index (χ3v) is 4.51. The highest BCUT2D eigenvalue weighted by Crippen LogP contribution is 2.22. The average Bonchev–Trinajstić information content (AvgIpc) is 2.42. The van der Waals surface area contributed by atoms with Crippen molar-refractivity contribution in [3.8, 4) is 0 Å². The first-order valence-corrected chi connectivity index (χ1v) is 7.81. The van der Waals surface area contributed by atoms with E-state index < -0.39 is 17.4 Å². The number of piperidine rings is 1. The van der Waals surface area contributed by atoms with E-state index in [0.717, 1.165) is 19.5 Å². The van der Waals surface area contributed by atoms with Gasteiger partial charge in [0.15, 0.2) is 0 Å². The van der Waals surface area contributed by atoms with Crippen LogP contribution in [0.15, 0.2) is 0 Å². The van der Waals surface area contributed by atoms with Crippen molar-refractivity contribution in [3.63, 3.8) is 0 Å². The molecule has 0 aliphatic carbocycles. The molecule has 0 radical (unpaired) electrons. The second kappa shape index (κ2) is 6.22. The van der Waals surface area contributed by atoms with Crippen molar-refractivity contribution in [2.24, 2.45) is 5.41 Å². The summed E-state index contributed by atoms with van der Waals surface area (Å²) in [6.45, 7) is 8.88. The summed E-state index contributed by atoms with van der Waals surface area (Å²) in [4.78, 5) is 27.9. The number of carbonyl (C=O) groups is 2. The number of nitrogens with zero attached hydrogens (tertiary/aromatic N) is 2. The molecule has 0 bridgehead atoms. The zero-order chi connectivity index (χ0) is 15.6. The third kappa shape index (κ3) is 3.87. The van der Waals surface area contributed by atoms with Gasteiger partial charge in [0.1, 0.15) is 6.04 Å². The Morgan fingerprint density at radius 1 is 1.19 bits per heavy atom. The Balaban J connectivity index is 1.95. The Labute approximate surface area is 126 Å². The molecule has 120 valence electrons. The number of carbonyl (C=O) groups excluding carboxylic acids is 1. The highest BCUT2D eigenvalue weighted by Gasteiger charge is 2.36. The van der Waals surface area contributed by atoms with Crippen LogP contribution in [-0.4, -0.2) is 65.2 Å². The number of nitrogens with one attached hydrogen (secondary N) is 1. The fourth-order valence-electron chi connectivity index (χ4n) is 3.20. The molecule has 0 aromatic carbocycles. The van der Waals surface area contributed by atoms with E-state index in [4.69, 9.17) is 0 Å². The molecule has 2 heterocycles. The number of amides is 2. The summed E-state index contributed by atoms with van der Waals surface area (Å²) in [5.74, 6) is -0.979. The number of hydrogen-bond donors (Lipinski definition) is 2. The summed E-state index contributed by atoms with van der Waals surface area (Å²) in [5, 5.41) is 12.0. The standard InChI is InChI=1S/C15H27N3O3/c1-15(2,3)12(13(19)20)16-14(21)18-9-8-17-7-5-4-6-11(17)10-18/h11-12H,4-10H2,1-3H3,(H,16,21)(H,19,20). The molecule has 2 saturated heterocycles. The van der Waals surface area contributed by atoms with Gasteiger partial charge >= 0.3 is 12.0 Å². The minimum Gasteiger partial charge on any atom is -0.480 e. The molecule has 2 aliphatic rings. The van der Waals surface area contributed by atoms with Crippen LogP contribution >= 0.6 is 0 Å². The second-order valence-electron chi connectivity index (χ2n) is 7.22. The molecule has 2 aliphatic heterocycles. The van der Waals surface area contributed by atoms with Crippen LogP contribution in [0.4, 0.5) is 4.79 Å². The van der Waals surface area contributed by atoms with E-state index in [9.17, 15) is 14.7 Å². The molecular formula is C15H27N3O3. The summed E-state index contributed by atoms with van der Waals surface area (Å²) < 4.78 is 0. The molecule has 21 heavy (non-hydrogen) atoms. The van der Waals surface area contributed by atoms with Crippen molar-refractivity contribution in [2.45, 2.75) is 52.1 Å². The number of rotatable bonds is 2. The highest BCUT2D eigenvalue weighted by atomic mass is 16.4. The quantitative estimate of drug-likeness (QED) is 0.807. The van der Waals surface area contributed by atoms with Gasteiger partial charge in [-0.3, -0.25) is 4.90 Å². The molecule has 2 fully saturated rings. The van der Waals surface area contributed by atoms with E-state index in [1.807, 2.05) is 20.8 Å². The van der Waals surface area contributed by atoms with Crippen LogP contribution in [0, 0.1) is 5.41 Å². The molecule has 2 rings (SSSR count). The van der Waals surface area contributed by atoms with Crippen LogP contribution in [-0.2, 0) is 4.79 Å². The molecule has 0 spiro atoms. The number of urea groups is 1. The highest BCUT2D eigenvalue weighted by molar-refractivity contribution is 5.83. The van der Waals surface area contributed by atoms with Gasteiger partial charge in [0.25, 0.3) is 0 Å². The maximum atomic E-state index is 12.4. The number of hydrogen-bond acceptors (Lipinski definition) is 3. The molecule has 6 heteroatoms. The Hall–Kier alpha value is -1.30. The van der Waals surface area contributed by atoms with E-state index in [1.165, 1.54) is 12.8 Å². The van der Waals surface area contributed by atoms with Crippen molar-refractivity contribution in [3.05, 3.63) is 0 Å². The van der Waals surface area contributed by atoms with Crippen LogP contribution in [0.2, 0.25) is 0 Å². The Kier molecular flexibility index (Phi) is 4.76. The van der Waals surface area contributed by atoms with Gasteiger partial charge in [0, 0.05) is 25.7 Å². The van der Waals surface area contributed by atoms with Crippen molar-refractivity contribution < 1.29 is 14.7 Å². The fraction of sp³-hybridized carbons (Fsp3) is 0.867. The van der Waals surface area contributed by atoms with Gasteiger partial charge in [-0.15, -0.1) is 0 Å². The Morgan fingerprint density at radius 3 is 2.52 bits per heavy atom. The molecule has 2 N–H and O–H groups in total. The lowest BCUT2D eigenvalue weighted by molar-refractivity contribution is -0.142.